The number of aliphatic carboxylic acids is 1. The third kappa shape index (κ3) is 5.60. The van der Waals surface area contributed by atoms with Crippen molar-refractivity contribution in [3.8, 4) is 6.07 Å². The molecule has 0 saturated heterocycles. The Labute approximate surface area is 205 Å². The van der Waals surface area contributed by atoms with Gasteiger partial charge >= 0.3 is 5.97 Å². The van der Waals surface area contributed by atoms with Gasteiger partial charge in [0, 0.05) is 28.5 Å². The van der Waals surface area contributed by atoms with Crippen LogP contribution in [-0.4, -0.2) is 22.0 Å². The van der Waals surface area contributed by atoms with Crippen molar-refractivity contribution in [2.75, 3.05) is 0 Å². The van der Waals surface area contributed by atoms with Crippen LogP contribution in [0.15, 0.2) is 76.8 Å². The summed E-state index contributed by atoms with van der Waals surface area (Å²) < 4.78 is 7.81. The molecule has 1 aliphatic carbocycles. The maximum absolute atomic E-state index is 13.0. The highest BCUT2D eigenvalue weighted by Gasteiger charge is 2.37. The van der Waals surface area contributed by atoms with Crippen LogP contribution in [-0.2, 0) is 20.9 Å². The lowest BCUT2D eigenvalue weighted by Gasteiger charge is -2.33. The van der Waals surface area contributed by atoms with Crippen molar-refractivity contribution in [2.45, 2.75) is 54.5 Å². The third-order valence-electron chi connectivity index (χ3n) is 5.69. The van der Waals surface area contributed by atoms with Gasteiger partial charge in [-0.2, -0.15) is 5.26 Å². The summed E-state index contributed by atoms with van der Waals surface area (Å²) in [5.41, 5.74) is 0.897. The molecule has 7 nitrogen and oxygen atoms in total. The number of hydrogen-bond acceptors (Lipinski definition) is 5. The van der Waals surface area contributed by atoms with Gasteiger partial charge in [-0.05, 0) is 23.8 Å². The molecule has 0 unspecified atom stereocenters. The van der Waals surface area contributed by atoms with Crippen LogP contribution in [0.5, 0.6) is 0 Å². The van der Waals surface area contributed by atoms with Crippen LogP contribution in [0.2, 0.25) is 0 Å². The largest absolute Gasteiger partial charge is 0.506 e. The molecule has 2 heterocycles. The minimum Gasteiger partial charge on any atom is -0.506 e. The molecule has 0 aromatic carbocycles. The minimum absolute atomic E-state index is 0.0188. The molecule has 0 bridgehead atoms. The number of aryl methyl sites for hydroxylation is 1. The standard InChI is InChI=1S/C28H30N2O5/c1-27(2,3)21-14-17(15-22(35-21)28(4,5)6)13-19-25(33)24(26(19)34)20(16-29)18-7-10-30(11-8-18)12-9-23(31)32/h7-8,10-11,13-15H,9,12H2,1-6H3,(H-,31,32,33,34)/p+1. The Kier molecular flexibility index (Phi) is 6.89. The van der Waals surface area contributed by atoms with Crippen LogP contribution < -0.4 is 4.57 Å². The van der Waals surface area contributed by atoms with E-state index < -0.39 is 11.8 Å². The SMILES string of the molecule is CC(C)(C)C1=CC(=CC2=C(O)C(=C(C#N)c3cc[n+](CCC(=O)O)cc3)C2=O)C=C(C(C)(C)C)O1. The number of carboxylic acids is 1. The van der Waals surface area contributed by atoms with Crippen molar-refractivity contribution in [2.24, 2.45) is 10.8 Å². The van der Waals surface area contributed by atoms with E-state index in [4.69, 9.17) is 9.84 Å². The highest BCUT2D eigenvalue weighted by Crippen LogP contribution is 2.41. The molecule has 0 amide bonds. The van der Waals surface area contributed by atoms with Crippen molar-refractivity contribution >= 4 is 17.3 Å². The molecule has 2 N–H and O–H groups in total. The Hall–Kier alpha value is -3.92. The first-order valence-corrected chi connectivity index (χ1v) is 11.4. The van der Waals surface area contributed by atoms with Crippen LogP contribution in [0, 0.1) is 22.2 Å². The number of nitriles is 1. The first kappa shape index (κ1) is 25.7. The highest BCUT2D eigenvalue weighted by atomic mass is 16.5. The van der Waals surface area contributed by atoms with Crippen LogP contribution in [0.4, 0.5) is 0 Å². The maximum Gasteiger partial charge on any atom is 0.309 e. The van der Waals surface area contributed by atoms with E-state index in [1.807, 2.05) is 59.8 Å². The highest BCUT2D eigenvalue weighted by molar-refractivity contribution is 6.25. The first-order chi connectivity index (χ1) is 16.2. The molecule has 2 aliphatic rings. The molecular formula is C28H31N2O5+. The number of aliphatic hydroxyl groups is 1. The topological polar surface area (TPSA) is 112 Å². The van der Waals surface area contributed by atoms with Gasteiger partial charge in [-0.1, -0.05) is 41.5 Å². The lowest BCUT2D eigenvalue weighted by molar-refractivity contribution is -0.696. The first-order valence-electron chi connectivity index (χ1n) is 11.4. The average Bonchev–Trinajstić information content (AvgIpc) is 2.78. The Morgan fingerprint density at radius 2 is 1.63 bits per heavy atom. The number of nitrogens with zero attached hydrogens (tertiary/aromatic N) is 2. The average molecular weight is 476 g/mol. The van der Waals surface area contributed by atoms with Gasteiger partial charge < -0.3 is 14.9 Å². The van der Waals surface area contributed by atoms with E-state index in [1.54, 1.807) is 35.2 Å². The van der Waals surface area contributed by atoms with Crippen molar-refractivity contribution in [1.29, 1.82) is 5.26 Å². The number of carbonyl (C=O) groups excluding carboxylic acids is 1. The van der Waals surface area contributed by atoms with E-state index in [-0.39, 0.29) is 46.3 Å². The van der Waals surface area contributed by atoms with E-state index in [1.165, 1.54) is 0 Å². The van der Waals surface area contributed by atoms with Gasteiger partial charge in [0.25, 0.3) is 0 Å². The van der Waals surface area contributed by atoms with Crippen molar-refractivity contribution in [1.82, 2.24) is 0 Å². The summed E-state index contributed by atoms with van der Waals surface area (Å²) in [5, 5.41) is 29.3. The lowest BCUT2D eigenvalue weighted by Crippen LogP contribution is -2.33. The molecular weight excluding hydrogens is 444 g/mol. The molecule has 1 aromatic heterocycles. The molecule has 0 fully saturated rings. The van der Waals surface area contributed by atoms with Crippen molar-refractivity contribution in [3.05, 3.63) is 82.3 Å². The molecule has 3 rings (SSSR count). The predicted octanol–water partition coefficient (Wildman–Crippen LogP) is 4.94. The smallest absolute Gasteiger partial charge is 0.309 e. The van der Waals surface area contributed by atoms with Crippen molar-refractivity contribution < 1.29 is 29.1 Å². The second-order valence-corrected chi connectivity index (χ2v) is 10.7. The molecule has 35 heavy (non-hydrogen) atoms. The second kappa shape index (κ2) is 9.38. The van der Waals surface area contributed by atoms with E-state index in [0.29, 0.717) is 5.56 Å². The fourth-order valence-electron chi connectivity index (χ4n) is 3.56. The van der Waals surface area contributed by atoms with E-state index in [9.17, 15) is 20.0 Å². The number of hydrogen-bond donors (Lipinski definition) is 2. The van der Waals surface area contributed by atoms with Crippen LogP contribution >= 0.6 is 0 Å². The Bertz CT molecular complexity index is 1240. The van der Waals surface area contributed by atoms with Gasteiger partial charge in [0.05, 0.1) is 16.7 Å². The summed E-state index contributed by atoms with van der Waals surface area (Å²) >= 11 is 0. The maximum atomic E-state index is 13.0. The monoisotopic (exact) mass is 475 g/mol. The number of aliphatic hydroxyl groups excluding tert-OH is 1. The summed E-state index contributed by atoms with van der Waals surface area (Å²) in [5.74, 6) is -0.00715. The number of ketones is 1. The van der Waals surface area contributed by atoms with Crippen LogP contribution in [0.1, 0.15) is 53.5 Å². The quantitative estimate of drug-likeness (QED) is 0.355. The van der Waals surface area contributed by atoms with Gasteiger partial charge in [-0.25, -0.2) is 4.57 Å². The summed E-state index contributed by atoms with van der Waals surface area (Å²) in [6.07, 6.45) is 8.61. The van der Waals surface area contributed by atoms with E-state index >= 15 is 0 Å². The van der Waals surface area contributed by atoms with Gasteiger partial charge in [-0.3, -0.25) is 9.59 Å². The summed E-state index contributed by atoms with van der Waals surface area (Å²) in [6.45, 7) is 12.5. The van der Waals surface area contributed by atoms with Crippen LogP contribution in [0.3, 0.4) is 0 Å². The van der Waals surface area contributed by atoms with E-state index in [2.05, 4.69) is 0 Å². The molecule has 0 radical (unpaired) electrons. The summed E-state index contributed by atoms with van der Waals surface area (Å²) in [7, 11) is 0. The van der Waals surface area contributed by atoms with E-state index in [0.717, 1.165) is 17.1 Å². The zero-order valence-electron chi connectivity index (χ0n) is 21.0. The Morgan fingerprint density at radius 1 is 1.09 bits per heavy atom. The predicted molar refractivity (Wildman–Crippen MR) is 130 cm³/mol. The number of aromatic nitrogens is 1. The minimum atomic E-state index is -0.906. The molecule has 182 valence electrons. The second-order valence-electron chi connectivity index (χ2n) is 10.7. The molecule has 1 aromatic rings. The summed E-state index contributed by atoms with van der Waals surface area (Å²) in [6, 6.07) is 5.27. The van der Waals surface area contributed by atoms with Gasteiger partial charge in [0.1, 0.15) is 29.8 Å². The van der Waals surface area contributed by atoms with Crippen molar-refractivity contribution in [3.63, 3.8) is 0 Å². The summed E-state index contributed by atoms with van der Waals surface area (Å²) in [4.78, 5) is 23.8. The number of Topliss-reactive ketones (excluding diaryl/α,β-unsaturated/α-hetero) is 1. The fourth-order valence-corrected chi connectivity index (χ4v) is 3.56. The Balaban J connectivity index is 2.00. The molecule has 0 saturated carbocycles. The Morgan fingerprint density at radius 3 is 2.06 bits per heavy atom. The number of ether oxygens (including phenoxy) is 1. The number of carboxylic acid groups (broad SMARTS) is 1. The fraction of sp³-hybridized carbons (Fsp3) is 0.357. The normalized spacial score (nSPS) is 17.6. The number of allylic oxidation sites excluding steroid dienone is 9. The number of rotatable bonds is 5. The van der Waals surface area contributed by atoms with Crippen LogP contribution in [0.25, 0.3) is 5.57 Å². The number of pyridine rings is 1. The van der Waals surface area contributed by atoms with Gasteiger partial charge in [0.2, 0.25) is 5.78 Å². The zero-order valence-corrected chi connectivity index (χ0v) is 21.0. The molecule has 7 heteroatoms. The lowest BCUT2D eigenvalue weighted by atomic mass is 9.81. The third-order valence-corrected chi connectivity index (χ3v) is 5.69. The van der Waals surface area contributed by atoms with Gasteiger partial charge in [-0.15, -0.1) is 0 Å². The number of carbonyl (C=O) groups is 2. The molecule has 1 aliphatic heterocycles. The molecule has 0 spiro atoms. The molecule has 0 atom stereocenters. The van der Waals surface area contributed by atoms with Gasteiger partial charge in [0.15, 0.2) is 18.9 Å². The zero-order chi connectivity index (χ0) is 26.1.